The molecule has 0 aliphatic rings. The van der Waals surface area contributed by atoms with Crippen molar-refractivity contribution in [1.29, 1.82) is 63.1 Å². The van der Waals surface area contributed by atoms with Gasteiger partial charge in [0, 0.05) is 0 Å². The Labute approximate surface area is 339 Å². The van der Waals surface area contributed by atoms with Gasteiger partial charge in [-0.05, 0) is 0 Å². The van der Waals surface area contributed by atoms with E-state index in [0.717, 1.165) is 0 Å². The smallest absolute Gasteiger partial charge is 0.512 e. The third kappa shape index (κ3) is 176000. The third-order valence-corrected chi connectivity index (χ3v) is 0. The van der Waals surface area contributed by atoms with E-state index in [1.165, 1.54) is 0 Å². The van der Waals surface area contributed by atoms with E-state index in [1.807, 2.05) is 0 Å². The van der Waals surface area contributed by atoms with Gasteiger partial charge in [-0.3, -0.25) is 0 Å². The molecule has 0 bridgehead atoms. The van der Waals surface area contributed by atoms with E-state index in [4.69, 9.17) is 142 Å². The van der Waals surface area contributed by atoms with E-state index in [9.17, 15) is 0 Å². The van der Waals surface area contributed by atoms with Gasteiger partial charge in [0.2, 0.25) is 0 Å². The van der Waals surface area contributed by atoms with E-state index in [0.29, 0.717) is 0 Å². The molecular formula is C12Fe3K3N12. The van der Waals surface area contributed by atoms with Crippen molar-refractivity contribution in [3.05, 3.63) is 78.9 Å². The van der Waals surface area contributed by atoms with Gasteiger partial charge in [0.15, 0.2) is 0 Å². The molecule has 0 atom stereocenters. The van der Waals surface area contributed by atoms with E-state index in [-0.39, 0.29) is 205 Å². The van der Waals surface area contributed by atoms with Crippen molar-refractivity contribution in [2.75, 3.05) is 0 Å². The summed E-state index contributed by atoms with van der Waals surface area (Å²) < 4.78 is 0. The Hall–Kier alpha value is 0.348. The molecule has 0 spiro atoms. The molecule has 0 N–H and O–H groups in total. The van der Waals surface area contributed by atoms with Gasteiger partial charge in [-0.2, -0.15) is 0 Å². The zero-order chi connectivity index (χ0) is 24.0. The largest absolute Gasteiger partial charge is 3.00 e. The van der Waals surface area contributed by atoms with Crippen LogP contribution < -0.4 is 154 Å². The van der Waals surface area contributed by atoms with E-state index in [1.54, 1.807) is 0 Å². The van der Waals surface area contributed by atoms with Gasteiger partial charge in [-0.15, -0.1) is 0 Å². The van der Waals surface area contributed by atoms with Crippen molar-refractivity contribution in [3.63, 3.8) is 0 Å². The molecule has 0 aliphatic carbocycles. The molecular weight excluding hydrogens is 597 g/mol. The zero-order valence-electron chi connectivity index (χ0n) is 15.4. The van der Waals surface area contributed by atoms with Crippen LogP contribution in [-0.2, 0) is 51.2 Å². The van der Waals surface area contributed by atoms with Gasteiger partial charge in [0.25, 0.3) is 0 Å². The molecule has 0 aromatic heterocycles. The second kappa shape index (κ2) is 195000. The Morgan fingerprint density at radius 2 is 0.167 bits per heavy atom. The first-order valence-electron chi connectivity index (χ1n) is 2.68. The minimum atomic E-state index is 0. The molecule has 0 rings (SSSR count). The molecule has 0 saturated heterocycles. The third-order valence-electron chi connectivity index (χ3n) is 0. The predicted octanol–water partition coefficient (Wildman–Crippen LogP) is -7.84. The molecule has 0 fully saturated rings. The molecule has 0 heterocycles. The van der Waals surface area contributed by atoms with Crippen LogP contribution in [0.1, 0.15) is 0 Å². The second-order valence-electron chi connectivity index (χ2n) is 0. The van der Waals surface area contributed by atoms with Crippen molar-refractivity contribution >= 4 is 0 Å². The fourth-order valence-electron chi connectivity index (χ4n) is 0. The summed E-state index contributed by atoms with van der Waals surface area (Å²) in [4.78, 5) is 0. The van der Waals surface area contributed by atoms with Gasteiger partial charge in [0.1, 0.15) is 0 Å². The summed E-state index contributed by atoms with van der Waals surface area (Å²) in [6.45, 7) is 57.0. The van der Waals surface area contributed by atoms with Crippen LogP contribution in [-0.4, -0.2) is 0 Å². The Kier molecular flexibility index (Phi) is 1120000. The second-order valence-corrected chi connectivity index (χ2v) is 0. The van der Waals surface area contributed by atoms with Gasteiger partial charge in [-0.1, -0.05) is 0 Å². The van der Waals surface area contributed by atoms with Crippen LogP contribution in [0.25, 0.3) is 0 Å². The Bertz CT molecular complexity index is 238. The number of nitrogens with zero attached hydrogens (tertiary/aromatic N) is 12. The Balaban J connectivity index is -0.00000000321. The quantitative estimate of drug-likeness (QED) is 0.186. The topological polar surface area (TPSA) is 285 Å². The standard InChI is InChI=1S/12CN.3Fe.3K/c12*1-2;;;;;;/q12*-1;3*+3;3*+1. The molecule has 0 aliphatic heterocycles. The predicted molar refractivity (Wildman–Crippen MR) is 59.6 cm³/mol. The average Bonchev–Trinajstić information content (AvgIpc) is 2.84. The van der Waals surface area contributed by atoms with Crippen LogP contribution >= 0.6 is 0 Å². The van der Waals surface area contributed by atoms with Crippen molar-refractivity contribution < 1.29 is 205 Å². The molecule has 0 amide bonds. The molecule has 0 unspecified atom stereocenters. The van der Waals surface area contributed by atoms with Gasteiger partial charge >= 0.3 is 205 Å². The number of hydrogen-bond acceptors (Lipinski definition) is 12. The number of rotatable bonds is 0. The maximum atomic E-state index is 6.25. The van der Waals surface area contributed by atoms with Crippen molar-refractivity contribution in [3.8, 4) is 0 Å². The minimum Gasteiger partial charge on any atom is -0.512 e. The fraction of sp³-hybridized carbons (Fsp3) is 0. The molecule has 18 heteroatoms. The van der Waals surface area contributed by atoms with Gasteiger partial charge in [0.05, 0.1) is 0 Å². The minimum absolute atomic E-state index is 0. The summed E-state index contributed by atoms with van der Waals surface area (Å²) in [5.74, 6) is 0. The van der Waals surface area contributed by atoms with E-state index < -0.39 is 0 Å². The molecule has 0 saturated carbocycles. The normalized spacial score (nSPS) is 0.800. The number of hydrogen-bond donors (Lipinski definition) is 0. The van der Waals surface area contributed by atoms with Crippen LogP contribution in [0.3, 0.4) is 0 Å². The first kappa shape index (κ1) is 171. The Morgan fingerprint density at radius 1 is 0.167 bits per heavy atom. The summed E-state index contributed by atoms with van der Waals surface area (Å²) in [5.41, 5.74) is 0. The monoisotopic (exact) mass is 597 g/mol. The van der Waals surface area contributed by atoms with Crippen LogP contribution in [0, 0.1) is 142 Å². The molecule has 0 aromatic carbocycles. The van der Waals surface area contributed by atoms with Crippen LogP contribution in [0.4, 0.5) is 0 Å². The average molecular weight is 597 g/mol. The summed E-state index contributed by atoms with van der Waals surface area (Å²) in [7, 11) is 0. The SMILES string of the molecule is [C-]#N.[C-]#N.[C-]#N.[C-]#N.[C-]#N.[C-]#N.[C-]#N.[C-]#N.[C-]#N.[C-]#N.[C-]#N.[C-]#N.[Fe+3].[Fe+3].[Fe+3].[K+].[K+].[K+]. The van der Waals surface area contributed by atoms with E-state index in [2.05, 4.69) is 0 Å². The molecule has 30 heavy (non-hydrogen) atoms. The summed E-state index contributed by atoms with van der Waals surface area (Å²) in [5, 5.41) is 75.0. The Morgan fingerprint density at radius 3 is 0.167 bits per heavy atom. The van der Waals surface area contributed by atoms with Crippen molar-refractivity contribution in [2.45, 2.75) is 0 Å². The first-order valence-corrected chi connectivity index (χ1v) is 2.68. The first-order chi connectivity index (χ1) is 12.0. The molecule has 0 aromatic rings. The summed E-state index contributed by atoms with van der Waals surface area (Å²) in [6.07, 6.45) is 0. The molecule has 135 valence electrons. The molecule has 3 radical (unpaired) electrons. The molecule has 12 nitrogen and oxygen atoms in total. The van der Waals surface area contributed by atoms with Crippen LogP contribution in [0.15, 0.2) is 0 Å². The summed E-state index contributed by atoms with van der Waals surface area (Å²) >= 11 is 0. The van der Waals surface area contributed by atoms with Crippen LogP contribution in [0.5, 0.6) is 0 Å². The summed E-state index contributed by atoms with van der Waals surface area (Å²) in [6, 6.07) is 0. The maximum Gasteiger partial charge on any atom is 3.00 e. The zero-order valence-corrected chi connectivity index (χ0v) is 28.1. The van der Waals surface area contributed by atoms with Crippen molar-refractivity contribution in [1.82, 2.24) is 0 Å². The van der Waals surface area contributed by atoms with Crippen molar-refractivity contribution in [2.24, 2.45) is 0 Å². The van der Waals surface area contributed by atoms with Crippen LogP contribution in [0.2, 0.25) is 0 Å². The fourth-order valence-corrected chi connectivity index (χ4v) is 0. The van der Waals surface area contributed by atoms with Gasteiger partial charge < -0.3 is 142 Å². The van der Waals surface area contributed by atoms with Gasteiger partial charge in [-0.25, -0.2) is 0 Å². The maximum absolute atomic E-state index is 6.25. The van der Waals surface area contributed by atoms with E-state index >= 15 is 0 Å².